The molecule has 0 amide bonds. The monoisotopic (exact) mass is 172 g/mol. The molecule has 0 aromatic heterocycles. The zero-order valence-corrected chi connectivity index (χ0v) is 7.49. The summed E-state index contributed by atoms with van der Waals surface area (Å²) in [5.74, 6) is 1.14. The molecule has 2 aliphatic carbocycles. The molecule has 66 valence electrons. The van der Waals surface area contributed by atoms with E-state index >= 15 is 0 Å². The highest BCUT2D eigenvalue weighted by Crippen LogP contribution is 2.62. The molecule has 0 bridgehead atoms. The third-order valence-corrected chi connectivity index (χ3v) is 3.61. The molecule has 0 unspecified atom stereocenters. The Hall–Kier alpha value is -1.11. The summed E-state index contributed by atoms with van der Waals surface area (Å²) in [5.41, 5.74) is 1.23. The van der Waals surface area contributed by atoms with Gasteiger partial charge in [-0.15, -0.1) is 0 Å². The van der Waals surface area contributed by atoms with E-state index in [1.807, 2.05) is 18.2 Å². The molecule has 3 rings (SSSR count). The predicted molar refractivity (Wildman–Crippen MR) is 50.5 cm³/mol. The number of benzene rings is 1. The Bertz CT molecular complexity index is 355. The molecule has 0 saturated heterocycles. The molecule has 1 aromatic rings. The van der Waals surface area contributed by atoms with E-state index in [0.717, 1.165) is 19.3 Å². The average Bonchev–Trinajstić information content (AvgIpc) is 2.84. The van der Waals surface area contributed by atoms with Crippen LogP contribution in [0, 0.1) is 5.92 Å². The van der Waals surface area contributed by atoms with Crippen molar-refractivity contribution < 1.29 is 4.79 Å². The third kappa shape index (κ3) is 0.796. The summed E-state index contributed by atoms with van der Waals surface area (Å²) >= 11 is 0. The Morgan fingerprint density at radius 3 is 2.54 bits per heavy atom. The number of hydrogen-bond donors (Lipinski definition) is 0. The molecule has 13 heavy (non-hydrogen) atoms. The zero-order valence-electron chi connectivity index (χ0n) is 7.49. The molecular weight excluding hydrogens is 160 g/mol. The number of ketones is 1. The van der Waals surface area contributed by atoms with E-state index in [1.165, 1.54) is 5.56 Å². The smallest absolute Gasteiger partial charge is 0.143 e. The van der Waals surface area contributed by atoms with Crippen LogP contribution in [0.3, 0.4) is 0 Å². The van der Waals surface area contributed by atoms with Crippen molar-refractivity contribution in [2.75, 3.05) is 0 Å². The number of hydrogen-bond acceptors (Lipinski definition) is 1. The summed E-state index contributed by atoms with van der Waals surface area (Å²) in [6, 6.07) is 10.3. The highest BCUT2D eigenvalue weighted by atomic mass is 16.1. The lowest BCUT2D eigenvalue weighted by atomic mass is 9.92. The SMILES string of the molecule is O=C1CC[C@@H]2C[C@]12c1ccccc1. The van der Waals surface area contributed by atoms with Gasteiger partial charge in [-0.05, 0) is 24.3 Å². The van der Waals surface area contributed by atoms with Crippen LogP contribution in [0.25, 0.3) is 0 Å². The van der Waals surface area contributed by atoms with Gasteiger partial charge in [-0.1, -0.05) is 30.3 Å². The van der Waals surface area contributed by atoms with Gasteiger partial charge >= 0.3 is 0 Å². The molecule has 2 atom stereocenters. The number of carbonyl (C=O) groups is 1. The first kappa shape index (κ1) is 7.31. The van der Waals surface area contributed by atoms with Gasteiger partial charge < -0.3 is 0 Å². The van der Waals surface area contributed by atoms with Crippen LogP contribution in [-0.4, -0.2) is 5.78 Å². The van der Waals surface area contributed by atoms with Gasteiger partial charge in [0.15, 0.2) is 0 Å². The molecule has 1 aromatic carbocycles. The zero-order chi connectivity index (χ0) is 8.89. The number of carbonyl (C=O) groups excluding carboxylic acids is 1. The fourth-order valence-corrected chi connectivity index (χ4v) is 2.80. The van der Waals surface area contributed by atoms with Gasteiger partial charge in [-0.2, -0.15) is 0 Å². The Labute approximate surface area is 77.8 Å². The van der Waals surface area contributed by atoms with Crippen molar-refractivity contribution in [1.82, 2.24) is 0 Å². The largest absolute Gasteiger partial charge is 0.299 e. The Morgan fingerprint density at radius 2 is 2.00 bits per heavy atom. The second-order valence-corrected chi connectivity index (χ2v) is 4.20. The summed E-state index contributed by atoms with van der Waals surface area (Å²) in [6.45, 7) is 0. The normalized spacial score (nSPS) is 36.0. The van der Waals surface area contributed by atoms with E-state index in [4.69, 9.17) is 0 Å². The molecule has 0 radical (unpaired) electrons. The van der Waals surface area contributed by atoms with E-state index < -0.39 is 0 Å². The first-order valence-electron chi connectivity index (χ1n) is 4.93. The van der Waals surface area contributed by atoms with Crippen LogP contribution in [0.1, 0.15) is 24.8 Å². The molecule has 0 spiro atoms. The molecule has 2 saturated carbocycles. The van der Waals surface area contributed by atoms with E-state index in [2.05, 4.69) is 12.1 Å². The van der Waals surface area contributed by atoms with E-state index in [-0.39, 0.29) is 5.41 Å². The van der Waals surface area contributed by atoms with Crippen molar-refractivity contribution in [2.45, 2.75) is 24.7 Å². The standard InChI is InChI=1S/C12H12O/c13-11-7-6-10-8-12(10,11)9-4-2-1-3-5-9/h1-5,10H,6-8H2/t10-,12-/m1/s1. The minimum atomic E-state index is -0.0265. The van der Waals surface area contributed by atoms with Crippen molar-refractivity contribution in [3.05, 3.63) is 35.9 Å². The fraction of sp³-hybridized carbons (Fsp3) is 0.417. The second-order valence-electron chi connectivity index (χ2n) is 4.20. The van der Waals surface area contributed by atoms with E-state index in [0.29, 0.717) is 11.7 Å². The maximum absolute atomic E-state index is 11.7. The van der Waals surface area contributed by atoms with Crippen LogP contribution < -0.4 is 0 Å². The van der Waals surface area contributed by atoms with Crippen molar-refractivity contribution in [3.8, 4) is 0 Å². The van der Waals surface area contributed by atoms with Crippen LogP contribution >= 0.6 is 0 Å². The number of Topliss-reactive ketones (excluding diaryl/α,β-unsaturated/α-hetero) is 1. The number of fused-ring (bicyclic) bond motifs is 1. The van der Waals surface area contributed by atoms with Gasteiger partial charge in [0.1, 0.15) is 5.78 Å². The van der Waals surface area contributed by atoms with Gasteiger partial charge in [0.2, 0.25) is 0 Å². The highest BCUT2D eigenvalue weighted by Gasteiger charge is 2.63. The van der Waals surface area contributed by atoms with Crippen molar-refractivity contribution in [3.63, 3.8) is 0 Å². The van der Waals surface area contributed by atoms with Crippen molar-refractivity contribution in [1.29, 1.82) is 0 Å². The molecule has 2 aliphatic rings. The van der Waals surface area contributed by atoms with Gasteiger partial charge in [-0.25, -0.2) is 0 Å². The Kier molecular flexibility index (Phi) is 1.25. The Morgan fingerprint density at radius 1 is 1.23 bits per heavy atom. The van der Waals surface area contributed by atoms with E-state index in [9.17, 15) is 4.79 Å². The summed E-state index contributed by atoms with van der Waals surface area (Å²) in [7, 11) is 0. The molecule has 0 heterocycles. The first-order chi connectivity index (χ1) is 6.34. The number of rotatable bonds is 1. The Balaban J connectivity index is 2.07. The predicted octanol–water partition coefficient (Wildman–Crippen LogP) is 2.31. The molecule has 0 aliphatic heterocycles. The van der Waals surface area contributed by atoms with Gasteiger partial charge in [0.05, 0.1) is 5.41 Å². The van der Waals surface area contributed by atoms with Gasteiger partial charge in [0.25, 0.3) is 0 Å². The minimum Gasteiger partial charge on any atom is -0.299 e. The average molecular weight is 172 g/mol. The van der Waals surface area contributed by atoms with Crippen molar-refractivity contribution >= 4 is 5.78 Å². The van der Waals surface area contributed by atoms with Crippen LogP contribution in [-0.2, 0) is 10.2 Å². The van der Waals surface area contributed by atoms with Crippen LogP contribution in [0.15, 0.2) is 30.3 Å². The molecule has 0 N–H and O–H groups in total. The van der Waals surface area contributed by atoms with Gasteiger partial charge in [-0.3, -0.25) is 4.79 Å². The minimum absolute atomic E-state index is 0.0265. The quantitative estimate of drug-likeness (QED) is 0.635. The molecule has 2 fully saturated rings. The highest BCUT2D eigenvalue weighted by molar-refractivity contribution is 5.96. The van der Waals surface area contributed by atoms with Crippen LogP contribution in [0.2, 0.25) is 0 Å². The summed E-state index contributed by atoms with van der Waals surface area (Å²) in [4.78, 5) is 11.7. The third-order valence-electron chi connectivity index (χ3n) is 3.61. The first-order valence-corrected chi connectivity index (χ1v) is 4.93. The second kappa shape index (κ2) is 2.22. The maximum Gasteiger partial charge on any atom is 0.143 e. The van der Waals surface area contributed by atoms with Gasteiger partial charge in [0, 0.05) is 6.42 Å². The summed E-state index contributed by atoms with van der Waals surface area (Å²) in [6.07, 6.45) is 3.03. The topological polar surface area (TPSA) is 17.1 Å². The lowest BCUT2D eigenvalue weighted by Crippen LogP contribution is -2.16. The lowest BCUT2D eigenvalue weighted by molar-refractivity contribution is -0.120. The summed E-state index contributed by atoms with van der Waals surface area (Å²) < 4.78 is 0. The maximum atomic E-state index is 11.7. The van der Waals surface area contributed by atoms with Crippen LogP contribution in [0.5, 0.6) is 0 Å². The fourth-order valence-electron chi connectivity index (χ4n) is 2.80. The lowest BCUT2D eigenvalue weighted by Gasteiger charge is -2.10. The molecular formula is C12H12O. The molecule has 1 heteroatoms. The summed E-state index contributed by atoms with van der Waals surface area (Å²) in [5, 5.41) is 0. The molecule has 1 nitrogen and oxygen atoms in total. The van der Waals surface area contributed by atoms with E-state index in [1.54, 1.807) is 0 Å². The van der Waals surface area contributed by atoms with Crippen LogP contribution in [0.4, 0.5) is 0 Å². The van der Waals surface area contributed by atoms with Crippen molar-refractivity contribution in [2.24, 2.45) is 5.92 Å².